The molecule has 4 aliphatic rings. The first kappa shape index (κ1) is 19.0. The number of piperidine rings is 1. The molecular formula is C20H35N5O2. The Bertz CT molecular complexity index is 534. The van der Waals surface area contributed by atoms with Gasteiger partial charge in [0.1, 0.15) is 5.84 Å². The molecule has 0 aromatic heterocycles. The van der Waals surface area contributed by atoms with Crippen LogP contribution < -0.4 is 16.4 Å². The summed E-state index contributed by atoms with van der Waals surface area (Å²) < 4.78 is 6.17. The molecule has 7 nitrogen and oxygen atoms in total. The van der Waals surface area contributed by atoms with Crippen molar-refractivity contribution in [1.82, 2.24) is 21.4 Å². The summed E-state index contributed by atoms with van der Waals surface area (Å²) in [7, 11) is 0. The molecule has 0 radical (unpaired) electrons. The van der Waals surface area contributed by atoms with Crippen molar-refractivity contribution in [2.75, 3.05) is 6.61 Å². The highest BCUT2D eigenvalue weighted by molar-refractivity contribution is 5.82. The van der Waals surface area contributed by atoms with Crippen molar-refractivity contribution in [1.29, 1.82) is 0 Å². The van der Waals surface area contributed by atoms with E-state index in [-0.39, 0.29) is 5.91 Å². The Morgan fingerprint density at radius 2 is 1.96 bits per heavy atom. The van der Waals surface area contributed by atoms with Crippen LogP contribution in [0.15, 0.2) is 5.10 Å². The second-order valence-corrected chi connectivity index (χ2v) is 8.65. The maximum absolute atomic E-state index is 11.5. The van der Waals surface area contributed by atoms with Crippen LogP contribution in [0.25, 0.3) is 0 Å². The summed E-state index contributed by atoms with van der Waals surface area (Å²) in [5, 5.41) is 9.85. The summed E-state index contributed by atoms with van der Waals surface area (Å²) in [6, 6.07) is 0.993. The average Bonchev–Trinajstić information content (AvgIpc) is 3.17. The molecule has 3 N–H and O–H groups in total. The highest BCUT2D eigenvalue weighted by Gasteiger charge is 2.34. The fourth-order valence-corrected chi connectivity index (χ4v) is 5.19. The molecule has 1 saturated heterocycles. The molecule has 1 amide bonds. The van der Waals surface area contributed by atoms with E-state index in [4.69, 9.17) is 4.74 Å². The molecule has 3 atom stereocenters. The van der Waals surface area contributed by atoms with E-state index >= 15 is 0 Å². The maximum Gasteiger partial charge on any atom is 0.220 e. The topological polar surface area (TPSA) is 78.0 Å². The van der Waals surface area contributed by atoms with E-state index in [0.29, 0.717) is 30.5 Å². The van der Waals surface area contributed by atoms with Crippen molar-refractivity contribution in [2.24, 2.45) is 11.0 Å². The first-order chi connectivity index (χ1) is 13.3. The van der Waals surface area contributed by atoms with Gasteiger partial charge in [0.05, 0.1) is 6.10 Å². The molecule has 3 fully saturated rings. The minimum Gasteiger partial charge on any atom is -0.378 e. The first-order valence-corrected chi connectivity index (χ1v) is 11.1. The number of hydrazine groups is 2. The zero-order valence-corrected chi connectivity index (χ0v) is 16.4. The number of carbonyl (C=O) groups excluding carboxylic acids is 1. The normalized spacial score (nSPS) is 31.9. The molecule has 0 aromatic rings. The lowest BCUT2D eigenvalue weighted by Gasteiger charge is -2.39. The van der Waals surface area contributed by atoms with Crippen LogP contribution in [0.5, 0.6) is 0 Å². The van der Waals surface area contributed by atoms with Gasteiger partial charge in [-0.3, -0.25) is 9.80 Å². The Morgan fingerprint density at radius 1 is 1.07 bits per heavy atom. The molecule has 27 heavy (non-hydrogen) atoms. The van der Waals surface area contributed by atoms with Crippen LogP contribution in [0.3, 0.4) is 0 Å². The van der Waals surface area contributed by atoms with Crippen molar-refractivity contribution in [3.8, 4) is 0 Å². The molecule has 3 unspecified atom stereocenters. The second-order valence-electron chi connectivity index (χ2n) is 8.65. The third-order valence-corrected chi connectivity index (χ3v) is 6.74. The minimum absolute atomic E-state index is 0.233. The monoisotopic (exact) mass is 377 g/mol. The van der Waals surface area contributed by atoms with Crippen LogP contribution in [-0.4, -0.2) is 41.5 Å². The fourth-order valence-electron chi connectivity index (χ4n) is 5.19. The molecule has 0 bridgehead atoms. The van der Waals surface area contributed by atoms with Crippen LogP contribution in [0, 0.1) is 5.92 Å². The second kappa shape index (κ2) is 9.24. The number of carbonyl (C=O) groups is 1. The number of rotatable bonds is 7. The van der Waals surface area contributed by atoms with Crippen LogP contribution in [0.1, 0.15) is 83.5 Å². The fraction of sp³-hybridized carbons (Fsp3) is 0.900. The highest BCUT2D eigenvalue weighted by Crippen LogP contribution is 2.32. The number of amidine groups is 1. The minimum atomic E-state index is 0.233. The van der Waals surface area contributed by atoms with Gasteiger partial charge in [-0.25, -0.2) is 5.53 Å². The Kier molecular flexibility index (Phi) is 6.50. The molecule has 0 spiro atoms. The number of fused-ring (bicyclic) bond motifs is 1. The molecule has 4 rings (SSSR count). The van der Waals surface area contributed by atoms with Gasteiger partial charge in [0.2, 0.25) is 5.91 Å². The summed E-state index contributed by atoms with van der Waals surface area (Å²) in [5.41, 5.74) is 6.16. The summed E-state index contributed by atoms with van der Waals surface area (Å²) in [4.78, 5) is 11.5. The van der Waals surface area contributed by atoms with Gasteiger partial charge in [-0.15, -0.1) is 10.6 Å². The molecule has 2 aliphatic heterocycles. The highest BCUT2D eigenvalue weighted by atomic mass is 16.5. The van der Waals surface area contributed by atoms with Crippen molar-refractivity contribution < 1.29 is 9.53 Å². The lowest BCUT2D eigenvalue weighted by atomic mass is 9.78. The number of amides is 1. The van der Waals surface area contributed by atoms with E-state index in [2.05, 4.69) is 26.5 Å². The smallest absolute Gasteiger partial charge is 0.220 e. The Hall–Kier alpha value is -1.34. The van der Waals surface area contributed by atoms with Crippen molar-refractivity contribution in [3.05, 3.63) is 0 Å². The average molecular weight is 378 g/mol. The first-order valence-electron chi connectivity index (χ1n) is 11.1. The van der Waals surface area contributed by atoms with Crippen molar-refractivity contribution >= 4 is 11.7 Å². The van der Waals surface area contributed by atoms with E-state index in [1.165, 1.54) is 32.1 Å². The van der Waals surface area contributed by atoms with Gasteiger partial charge in [-0.2, -0.15) is 0 Å². The zero-order chi connectivity index (χ0) is 18.5. The number of ether oxygens (including phenoxy) is 1. The number of nitrogens with one attached hydrogen (secondary N) is 3. The van der Waals surface area contributed by atoms with Crippen molar-refractivity contribution in [3.63, 3.8) is 0 Å². The van der Waals surface area contributed by atoms with Gasteiger partial charge in [-0.1, -0.05) is 19.3 Å². The van der Waals surface area contributed by atoms with E-state index in [0.717, 1.165) is 57.4 Å². The van der Waals surface area contributed by atoms with Gasteiger partial charge in [0, 0.05) is 31.5 Å². The van der Waals surface area contributed by atoms with Gasteiger partial charge < -0.3 is 10.1 Å². The van der Waals surface area contributed by atoms with E-state index in [9.17, 15) is 4.79 Å². The third kappa shape index (κ3) is 4.93. The molecule has 0 aromatic carbocycles. The van der Waals surface area contributed by atoms with Gasteiger partial charge in [-0.05, 0) is 57.3 Å². The largest absolute Gasteiger partial charge is 0.378 e. The van der Waals surface area contributed by atoms with Gasteiger partial charge in [0.15, 0.2) is 0 Å². The summed E-state index contributed by atoms with van der Waals surface area (Å²) in [6.45, 7) is 0.839. The predicted molar refractivity (Wildman–Crippen MR) is 105 cm³/mol. The number of hydrazone groups is 1. The van der Waals surface area contributed by atoms with E-state index in [1.54, 1.807) is 0 Å². The third-order valence-electron chi connectivity index (χ3n) is 6.74. The number of hydrogen-bond donors (Lipinski definition) is 3. The van der Waals surface area contributed by atoms with Crippen LogP contribution >= 0.6 is 0 Å². The van der Waals surface area contributed by atoms with E-state index in [1.807, 2.05) is 0 Å². The Morgan fingerprint density at radius 3 is 2.85 bits per heavy atom. The Balaban J connectivity index is 1.11. The summed E-state index contributed by atoms with van der Waals surface area (Å²) in [5.74, 6) is 2.01. The Labute approximate surface area is 162 Å². The molecule has 7 heteroatoms. The van der Waals surface area contributed by atoms with Gasteiger partial charge >= 0.3 is 0 Å². The lowest BCUT2D eigenvalue weighted by molar-refractivity contribution is -0.126. The number of unbranched alkanes of at least 4 members (excludes halogenated alkanes) is 1. The van der Waals surface area contributed by atoms with Crippen LogP contribution in [0.2, 0.25) is 0 Å². The molecule has 2 saturated carbocycles. The molecule has 2 heterocycles. The molecule has 152 valence electrons. The summed E-state index contributed by atoms with van der Waals surface area (Å²) in [6.07, 6.45) is 15.1. The SMILES string of the molecule is O=C1CCC2CC(OCCCCC3=NNNN3C3CCCCC3)CCC2N1. The van der Waals surface area contributed by atoms with Gasteiger partial charge in [0.25, 0.3) is 0 Å². The van der Waals surface area contributed by atoms with Crippen LogP contribution in [-0.2, 0) is 9.53 Å². The predicted octanol–water partition coefficient (Wildman–Crippen LogP) is 2.59. The quantitative estimate of drug-likeness (QED) is 0.595. The van der Waals surface area contributed by atoms with E-state index < -0.39 is 0 Å². The lowest BCUT2D eigenvalue weighted by Crippen LogP contribution is -2.49. The maximum atomic E-state index is 11.5. The molecule has 2 aliphatic carbocycles. The van der Waals surface area contributed by atoms with Crippen LogP contribution in [0.4, 0.5) is 0 Å². The number of nitrogens with zero attached hydrogens (tertiary/aromatic N) is 2. The zero-order valence-electron chi connectivity index (χ0n) is 16.4. The summed E-state index contributed by atoms with van der Waals surface area (Å²) >= 11 is 0. The molecular weight excluding hydrogens is 342 g/mol. The van der Waals surface area contributed by atoms with Crippen molar-refractivity contribution in [2.45, 2.75) is 102 Å². The number of hydrogen-bond acceptors (Lipinski definition) is 6. The standard InChI is InChI=1S/C20H35N5O2/c26-20-12-9-15-14-17(10-11-18(15)21-20)27-13-5-4-8-19-22-23-24-25(19)16-6-2-1-3-7-16/h15-18,23-24H,1-14H2,(H,21,26).